The van der Waals surface area contributed by atoms with Crippen molar-refractivity contribution in [3.8, 4) is 5.75 Å². The minimum atomic E-state index is -4.94. The van der Waals surface area contributed by atoms with Gasteiger partial charge in [-0.3, -0.25) is 33.6 Å². The third kappa shape index (κ3) is 18.9. The third-order valence-electron chi connectivity index (χ3n) is 8.90. The summed E-state index contributed by atoms with van der Waals surface area (Å²) in [5.41, 5.74) is 29.0. The number of nitrogens with one attached hydrogen (secondary N) is 6. The van der Waals surface area contributed by atoms with Crippen molar-refractivity contribution in [3.05, 3.63) is 65.7 Å². The first-order valence-electron chi connectivity index (χ1n) is 19.3. The van der Waals surface area contributed by atoms with Crippen molar-refractivity contribution in [1.29, 1.82) is 0 Å². The second-order valence-corrected chi connectivity index (χ2v) is 13.9. The maximum atomic E-state index is 13.8. The largest absolute Gasteiger partial charge is 0.573 e. The number of ether oxygens (including phenoxy) is 1. The molecule has 7 amide bonds. The molecule has 2 aromatic rings. The van der Waals surface area contributed by atoms with E-state index in [1.807, 2.05) is 0 Å². The molecule has 0 aliphatic heterocycles. The Morgan fingerprint density at radius 2 is 1.16 bits per heavy atom. The zero-order valence-corrected chi connectivity index (χ0v) is 33.5. The highest BCUT2D eigenvalue weighted by molar-refractivity contribution is 5.95. The lowest BCUT2D eigenvalue weighted by atomic mass is 10.0. The highest BCUT2D eigenvalue weighted by Crippen LogP contribution is 2.23. The Bertz CT molecular complexity index is 1760. The van der Waals surface area contributed by atoms with Gasteiger partial charge in [-0.15, -0.1) is 13.2 Å². The molecule has 7 atom stereocenters. The van der Waals surface area contributed by atoms with Gasteiger partial charge < -0.3 is 70.4 Å². The lowest BCUT2D eigenvalue weighted by Gasteiger charge is -2.26. The summed E-state index contributed by atoms with van der Waals surface area (Å²) < 4.78 is 41.7. The molecule has 2 rings (SSSR count). The van der Waals surface area contributed by atoms with E-state index >= 15 is 0 Å². The molecule has 17 N–H and O–H groups in total. The number of aliphatic hydroxyl groups excluding tert-OH is 1. The fourth-order valence-electron chi connectivity index (χ4n) is 5.69. The standard InChI is InChI=1S/C38H56F3N11O9/c1-21(53)31(52-36(59)27(13-17-44)49-33(56)25(45)11-15-42)37(60)47-18-14-28(48-30(54)20-23-7-9-24(10-8-23)61-38(39,40)41)35(58)50-26(12-16-43)34(57)51-29(32(46)55)19-22-5-3-2-4-6-22/h2-10,21,25-29,31,53H,11-20,42-45H2,1H3,(H2,46,55)(H,47,60)(H,48,54)(H,49,56)(H,50,58)(H,51,57)(H,52,59)/t21-,25+,26+,27+,28+,29-,31+/m1/s1. The van der Waals surface area contributed by atoms with E-state index in [1.54, 1.807) is 30.3 Å². The molecule has 0 aromatic heterocycles. The fraction of sp³-hybridized carbons (Fsp3) is 0.500. The molecule has 20 nitrogen and oxygen atoms in total. The number of primary amides is 1. The lowest BCUT2D eigenvalue weighted by Crippen LogP contribution is -2.59. The number of nitrogens with two attached hydrogens (primary N) is 5. The number of aliphatic hydroxyl groups is 1. The van der Waals surface area contributed by atoms with E-state index < -0.39 is 102 Å². The van der Waals surface area contributed by atoms with Crippen LogP contribution in [0.15, 0.2) is 54.6 Å². The molecule has 0 fully saturated rings. The van der Waals surface area contributed by atoms with Gasteiger partial charge in [0.1, 0.15) is 36.0 Å². The molecular formula is C38H56F3N11O9. The number of rotatable bonds is 26. The Morgan fingerprint density at radius 1 is 0.656 bits per heavy atom. The molecule has 338 valence electrons. The quantitative estimate of drug-likeness (QED) is 0.0438. The molecule has 0 saturated heterocycles. The van der Waals surface area contributed by atoms with Gasteiger partial charge in [-0.2, -0.15) is 0 Å². The molecule has 0 unspecified atom stereocenters. The van der Waals surface area contributed by atoms with Crippen molar-refractivity contribution in [2.45, 2.75) is 94.2 Å². The zero-order valence-electron chi connectivity index (χ0n) is 33.5. The summed E-state index contributed by atoms with van der Waals surface area (Å²) in [5.74, 6) is -6.42. The highest BCUT2D eigenvalue weighted by atomic mass is 19.4. The van der Waals surface area contributed by atoms with Crippen molar-refractivity contribution in [2.24, 2.45) is 28.7 Å². The summed E-state index contributed by atoms with van der Waals surface area (Å²) >= 11 is 0. The molecule has 0 aliphatic rings. The highest BCUT2D eigenvalue weighted by Gasteiger charge is 2.33. The minimum Gasteiger partial charge on any atom is -0.406 e. The maximum Gasteiger partial charge on any atom is 0.573 e. The number of halogens is 3. The monoisotopic (exact) mass is 867 g/mol. The lowest BCUT2D eigenvalue weighted by molar-refractivity contribution is -0.274. The minimum absolute atomic E-state index is 0.0338. The average Bonchev–Trinajstić information content (AvgIpc) is 3.19. The first kappa shape index (κ1) is 51.3. The Balaban J connectivity index is 2.26. The second kappa shape index (κ2) is 25.7. The third-order valence-corrected chi connectivity index (χ3v) is 8.90. The zero-order chi connectivity index (χ0) is 45.7. The molecule has 0 saturated carbocycles. The molecule has 0 aliphatic carbocycles. The van der Waals surface area contributed by atoms with E-state index in [0.29, 0.717) is 5.56 Å². The Morgan fingerprint density at radius 3 is 1.67 bits per heavy atom. The van der Waals surface area contributed by atoms with Crippen LogP contribution in [-0.4, -0.2) is 121 Å². The number of benzene rings is 2. The van der Waals surface area contributed by atoms with Crippen LogP contribution in [0.1, 0.15) is 43.7 Å². The molecule has 2 aromatic carbocycles. The molecule has 0 radical (unpaired) electrons. The molecular weight excluding hydrogens is 811 g/mol. The van der Waals surface area contributed by atoms with E-state index in [1.165, 1.54) is 19.1 Å². The van der Waals surface area contributed by atoms with Crippen molar-refractivity contribution >= 4 is 41.4 Å². The summed E-state index contributed by atoms with van der Waals surface area (Å²) in [4.78, 5) is 91.5. The number of hydrogen-bond donors (Lipinski definition) is 12. The second-order valence-electron chi connectivity index (χ2n) is 13.9. The summed E-state index contributed by atoms with van der Waals surface area (Å²) in [7, 11) is 0. The maximum absolute atomic E-state index is 13.8. The van der Waals surface area contributed by atoms with Gasteiger partial charge in [0.25, 0.3) is 0 Å². The average molecular weight is 868 g/mol. The van der Waals surface area contributed by atoms with Gasteiger partial charge in [0.05, 0.1) is 18.6 Å². The van der Waals surface area contributed by atoms with Crippen molar-refractivity contribution in [1.82, 2.24) is 31.9 Å². The van der Waals surface area contributed by atoms with Crippen LogP contribution in [0.2, 0.25) is 0 Å². The summed E-state index contributed by atoms with van der Waals surface area (Å²) in [6.45, 7) is 0.790. The van der Waals surface area contributed by atoms with E-state index in [-0.39, 0.29) is 63.8 Å². The SMILES string of the molecule is C[C@@H](O)[C@H](NC(=O)[C@H](CCN)NC(=O)[C@@H](N)CCN)C(=O)NCC[C@H](NC(=O)Cc1ccc(OC(F)(F)F)cc1)C(=O)N[C@@H](CCN)C(=O)N[C@H](Cc1ccccc1)C(N)=O. The van der Waals surface area contributed by atoms with E-state index in [4.69, 9.17) is 28.7 Å². The predicted octanol–water partition coefficient (Wildman–Crippen LogP) is -3.46. The normalized spacial score (nSPS) is 14.7. The first-order chi connectivity index (χ1) is 28.8. The topological polar surface area (TPSA) is 351 Å². The van der Waals surface area contributed by atoms with Gasteiger partial charge in [0, 0.05) is 13.0 Å². The van der Waals surface area contributed by atoms with Crippen LogP contribution >= 0.6 is 0 Å². The van der Waals surface area contributed by atoms with Crippen molar-refractivity contribution in [2.75, 3.05) is 26.2 Å². The van der Waals surface area contributed by atoms with Crippen molar-refractivity contribution < 1.29 is 56.6 Å². The van der Waals surface area contributed by atoms with E-state index in [9.17, 15) is 51.8 Å². The van der Waals surface area contributed by atoms with Crippen LogP contribution in [0.4, 0.5) is 13.2 Å². The van der Waals surface area contributed by atoms with Crippen molar-refractivity contribution in [3.63, 3.8) is 0 Å². The van der Waals surface area contributed by atoms with Gasteiger partial charge in [0.2, 0.25) is 41.4 Å². The first-order valence-corrected chi connectivity index (χ1v) is 19.3. The summed E-state index contributed by atoms with van der Waals surface area (Å²) in [6, 6.07) is 5.18. The van der Waals surface area contributed by atoms with Crippen LogP contribution < -0.4 is 65.3 Å². The number of carbonyl (C=O) groups excluding carboxylic acids is 7. The Kier molecular flexibility index (Phi) is 21.6. The van der Waals surface area contributed by atoms with Crippen LogP contribution in [0.25, 0.3) is 0 Å². The van der Waals surface area contributed by atoms with Crippen LogP contribution in [-0.2, 0) is 46.4 Å². The number of hydrogen-bond acceptors (Lipinski definition) is 13. The van der Waals surface area contributed by atoms with E-state index in [2.05, 4.69) is 36.6 Å². The van der Waals surface area contributed by atoms with Gasteiger partial charge in [-0.05, 0) is 75.5 Å². The summed E-state index contributed by atoms with van der Waals surface area (Å²) in [6.07, 6.45) is -7.22. The van der Waals surface area contributed by atoms with Gasteiger partial charge in [-0.1, -0.05) is 42.5 Å². The Labute approximate surface area is 350 Å². The molecule has 0 spiro atoms. The van der Waals surface area contributed by atoms with Gasteiger partial charge >= 0.3 is 6.36 Å². The Hall–Kier alpha value is -5.88. The molecule has 61 heavy (non-hydrogen) atoms. The number of amides is 7. The molecule has 0 bridgehead atoms. The van der Waals surface area contributed by atoms with E-state index in [0.717, 1.165) is 12.1 Å². The smallest absolute Gasteiger partial charge is 0.406 e. The predicted molar refractivity (Wildman–Crippen MR) is 214 cm³/mol. The van der Waals surface area contributed by atoms with Gasteiger partial charge in [0.15, 0.2) is 0 Å². The molecule has 0 heterocycles. The van der Waals surface area contributed by atoms with Crippen LogP contribution in [0.5, 0.6) is 5.75 Å². The van der Waals surface area contributed by atoms with Gasteiger partial charge in [-0.25, -0.2) is 0 Å². The summed E-state index contributed by atoms with van der Waals surface area (Å²) in [5, 5.41) is 25.2. The molecule has 23 heteroatoms. The van der Waals surface area contributed by atoms with Crippen LogP contribution in [0, 0.1) is 0 Å². The number of carbonyl (C=O) groups is 7. The number of alkyl halides is 3. The fourth-order valence-corrected chi connectivity index (χ4v) is 5.69. The van der Waals surface area contributed by atoms with Crippen LogP contribution in [0.3, 0.4) is 0 Å².